The molecule has 0 radical (unpaired) electrons. The Morgan fingerprint density at radius 3 is 2.54 bits per heavy atom. The smallest absolute Gasteiger partial charge is 0.275 e. The van der Waals surface area contributed by atoms with Crippen molar-refractivity contribution in [2.45, 2.75) is 0 Å². The molecule has 0 atom stereocenters. The van der Waals surface area contributed by atoms with Crippen molar-refractivity contribution in [2.24, 2.45) is 5.10 Å². The Labute approximate surface area is 162 Å². The highest BCUT2D eigenvalue weighted by Crippen LogP contribution is 2.19. The highest BCUT2D eigenvalue weighted by atomic mass is 32.1. The molecule has 4 N–H and O–H groups in total. The first-order valence-corrected chi connectivity index (χ1v) is 8.25. The van der Waals surface area contributed by atoms with Crippen LogP contribution in [0.25, 0.3) is 5.69 Å². The number of hydrogen-bond donors (Lipinski definition) is 4. The third-order valence-electron chi connectivity index (χ3n) is 3.71. The van der Waals surface area contributed by atoms with Gasteiger partial charge in [-0.1, -0.05) is 12.1 Å². The van der Waals surface area contributed by atoms with Crippen LogP contribution in [0.3, 0.4) is 0 Å². The SMILES string of the molecule is O=C(NN=Cc1c(O)n(-c2ccc(F)cc2)c(=S)[nH]c1=O)c1ccccc1O. The summed E-state index contributed by atoms with van der Waals surface area (Å²) >= 11 is 5.05. The van der Waals surface area contributed by atoms with Gasteiger partial charge in [-0.3, -0.25) is 19.1 Å². The van der Waals surface area contributed by atoms with Crippen LogP contribution in [0.5, 0.6) is 11.6 Å². The number of benzene rings is 2. The zero-order valence-electron chi connectivity index (χ0n) is 14.1. The number of aromatic amines is 1. The van der Waals surface area contributed by atoms with Crippen molar-refractivity contribution < 1.29 is 19.4 Å². The average molecular weight is 400 g/mol. The summed E-state index contributed by atoms with van der Waals surface area (Å²) in [7, 11) is 0. The first kappa shape index (κ1) is 19.0. The van der Waals surface area contributed by atoms with Crippen molar-refractivity contribution in [1.82, 2.24) is 15.0 Å². The fourth-order valence-electron chi connectivity index (χ4n) is 2.37. The number of H-pyrrole nitrogens is 1. The van der Waals surface area contributed by atoms with Crippen molar-refractivity contribution in [3.63, 3.8) is 0 Å². The van der Waals surface area contributed by atoms with Crippen LogP contribution in [0.1, 0.15) is 15.9 Å². The van der Waals surface area contributed by atoms with Crippen LogP contribution >= 0.6 is 12.2 Å². The molecule has 142 valence electrons. The van der Waals surface area contributed by atoms with Crippen molar-refractivity contribution in [3.8, 4) is 17.3 Å². The molecule has 28 heavy (non-hydrogen) atoms. The Bertz CT molecular complexity index is 1190. The van der Waals surface area contributed by atoms with E-state index in [-0.39, 0.29) is 21.6 Å². The lowest BCUT2D eigenvalue weighted by Gasteiger charge is -2.11. The van der Waals surface area contributed by atoms with Gasteiger partial charge in [0.05, 0.1) is 17.5 Å². The average Bonchev–Trinajstić information content (AvgIpc) is 2.66. The van der Waals surface area contributed by atoms with Gasteiger partial charge in [-0.25, -0.2) is 9.82 Å². The van der Waals surface area contributed by atoms with Crippen LogP contribution in [0.15, 0.2) is 58.4 Å². The summed E-state index contributed by atoms with van der Waals surface area (Å²) in [5.41, 5.74) is 1.43. The number of amides is 1. The molecule has 3 rings (SSSR count). The third-order valence-corrected chi connectivity index (χ3v) is 4.00. The largest absolute Gasteiger partial charge is 0.507 e. The van der Waals surface area contributed by atoms with E-state index in [9.17, 15) is 24.2 Å². The normalized spacial score (nSPS) is 10.9. The maximum Gasteiger partial charge on any atom is 0.275 e. The summed E-state index contributed by atoms with van der Waals surface area (Å²) in [5, 5.41) is 23.7. The van der Waals surface area contributed by atoms with E-state index in [2.05, 4.69) is 15.5 Å². The number of rotatable bonds is 4. The Morgan fingerprint density at radius 2 is 1.86 bits per heavy atom. The first-order valence-electron chi connectivity index (χ1n) is 7.84. The molecule has 0 saturated heterocycles. The molecular formula is C18H13FN4O4S. The molecule has 0 unspecified atom stereocenters. The molecule has 0 saturated carbocycles. The van der Waals surface area contributed by atoms with Gasteiger partial charge in [0.15, 0.2) is 4.77 Å². The van der Waals surface area contributed by atoms with Crippen LogP contribution in [0.2, 0.25) is 0 Å². The number of phenolic OH excluding ortho intramolecular Hbond substituents is 1. The highest BCUT2D eigenvalue weighted by molar-refractivity contribution is 7.71. The summed E-state index contributed by atoms with van der Waals surface area (Å²) in [6.07, 6.45) is 0.931. The zero-order chi connectivity index (χ0) is 20.3. The lowest BCUT2D eigenvalue weighted by molar-refractivity contribution is 0.0952. The molecule has 3 aromatic rings. The summed E-state index contributed by atoms with van der Waals surface area (Å²) in [6, 6.07) is 10.9. The minimum Gasteiger partial charge on any atom is -0.507 e. The van der Waals surface area contributed by atoms with Crippen LogP contribution in [0.4, 0.5) is 4.39 Å². The maximum absolute atomic E-state index is 13.1. The second-order valence-corrected chi connectivity index (χ2v) is 5.91. The minimum absolute atomic E-state index is 0.0138. The van der Waals surface area contributed by atoms with Gasteiger partial charge in [-0.2, -0.15) is 5.10 Å². The number of carbonyl (C=O) groups is 1. The fraction of sp³-hybridized carbons (Fsp3) is 0. The van der Waals surface area contributed by atoms with Gasteiger partial charge in [0, 0.05) is 0 Å². The topological polar surface area (TPSA) is 120 Å². The van der Waals surface area contributed by atoms with Gasteiger partial charge in [0.1, 0.15) is 17.1 Å². The maximum atomic E-state index is 13.1. The second kappa shape index (κ2) is 7.84. The van der Waals surface area contributed by atoms with Gasteiger partial charge in [-0.05, 0) is 48.6 Å². The summed E-state index contributed by atoms with van der Waals surface area (Å²) in [5.74, 6) is -1.97. The molecule has 10 heteroatoms. The summed E-state index contributed by atoms with van der Waals surface area (Å²) in [4.78, 5) is 26.5. The Kier molecular flexibility index (Phi) is 5.32. The quantitative estimate of drug-likeness (QED) is 0.304. The molecule has 1 heterocycles. The third kappa shape index (κ3) is 3.81. The van der Waals surface area contributed by atoms with Gasteiger partial charge >= 0.3 is 0 Å². The van der Waals surface area contributed by atoms with Crippen LogP contribution in [-0.2, 0) is 0 Å². The molecule has 0 aliphatic rings. The number of hydrazone groups is 1. The number of halogens is 1. The van der Waals surface area contributed by atoms with E-state index >= 15 is 0 Å². The van der Waals surface area contributed by atoms with E-state index in [1.54, 1.807) is 12.1 Å². The van der Waals surface area contributed by atoms with Crippen LogP contribution in [0, 0.1) is 10.6 Å². The highest BCUT2D eigenvalue weighted by Gasteiger charge is 2.13. The number of phenols is 1. The summed E-state index contributed by atoms with van der Waals surface area (Å²) in [6.45, 7) is 0. The predicted octanol–water partition coefficient (Wildman–Crippen LogP) is 2.21. The van der Waals surface area contributed by atoms with Gasteiger partial charge in [0.2, 0.25) is 5.88 Å². The predicted molar refractivity (Wildman–Crippen MR) is 102 cm³/mol. The number of para-hydroxylation sites is 1. The van der Waals surface area contributed by atoms with E-state index in [1.807, 2.05) is 0 Å². The number of hydrogen-bond acceptors (Lipinski definition) is 6. The van der Waals surface area contributed by atoms with Gasteiger partial charge < -0.3 is 10.2 Å². The molecule has 0 bridgehead atoms. The van der Waals surface area contributed by atoms with Gasteiger partial charge in [-0.15, -0.1) is 0 Å². The summed E-state index contributed by atoms with van der Waals surface area (Å²) < 4.78 is 14.1. The Balaban J connectivity index is 1.93. The number of nitrogens with zero attached hydrogens (tertiary/aromatic N) is 2. The Hall–Kier alpha value is -3.79. The van der Waals surface area contributed by atoms with Gasteiger partial charge in [0.25, 0.3) is 11.5 Å². The second-order valence-electron chi connectivity index (χ2n) is 5.52. The van der Waals surface area contributed by atoms with Crippen molar-refractivity contribution in [2.75, 3.05) is 0 Å². The molecule has 0 fully saturated rings. The number of carbonyl (C=O) groups excluding carboxylic acids is 1. The molecule has 0 aliphatic heterocycles. The fourth-order valence-corrected chi connectivity index (χ4v) is 2.65. The van der Waals surface area contributed by atoms with E-state index in [1.165, 1.54) is 36.4 Å². The number of aromatic hydroxyl groups is 2. The first-order chi connectivity index (χ1) is 13.4. The van der Waals surface area contributed by atoms with Crippen LogP contribution < -0.4 is 11.0 Å². The van der Waals surface area contributed by atoms with E-state index in [0.29, 0.717) is 5.69 Å². The van der Waals surface area contributed by atoms with Crippen LogP contribution in [-0.4, -0.2) is 31.9 Å². The lowest BCUT2D eigenvalue weighted by atomic mass is 10.2. The molecule has 2 aromatic carbocycles. The van der Waals surface area contributed by atoms with Crippen molar-refractivity contribution in [3.05, 3.63) is 80.6 Å². The van der Waals surface area contributed by atoms with Crippen molar-refractivity contribution in [1.29, 1.82) is 0 Å². The van der Waals surface area contributed by atoms with E-state index in [0.717, 1.165) is 10.8 Å². The minimum atomic E-state index is -0.735. The molecule has 0 spiro atoms. The zero-order valence-corrected chi connectivity index (χ0v) is 14.9. The van der Waals surface area contributed by atoms with Crippen molar-refractivity contribution >= 4 is 24.3 Å². The Morgan fingerprint density at radius 1 is 1.18 bits per heavy atom. The number of nitrogens with one attached hydrogen (secondary N) is 2. The molecule has 1 amide bonds. The lowest BCUT2D eigenvalue weighted by Crippen LogP contribution is -2.21. The number of aromatic nitrogens is 2. The molecular weight excluding hydrogens is 387 g/mol. The molecule has 1 aromatic heterocycles. The monoisotopic (exact) mass is 400 g/mol. The standard InChI is InChI=1S/C18H13FN4O4S/c19-10-5-7-11(8-6-10)23-17(27)13(15(25)21-18(23)28)9-20-22-16(26)12-3-1-2-4-14(12)24/h1-9,24,27H,(H,22,26)(H,21,25,28). The molecule has 0 aliphatic carbocycles. The van der Waals surface area contributed by atoms with E-state index in [4.69, 9.17) is 12.2 Å². The molecule has 8 nitrogen and oxygen atoms in total. The van der Waals surface area contributed by atoms with E-state index < -0.39 is 23.2 Å².